The molecule has 108 valence electrons. The standard InChI is InChI=1S/C14H17BrN2O3/c1-14(2,10-16)6-3-7-20-13-8-11(9-15)4-5-12(13)17(18)19/h4-5,8H,3,6-7,9H2,1-2H3. The van der Waals surface area contributed by atoms with E-state index in [0.717, 1.165) is 5.56 Å². The first-order valence-corrected chi connectivity index (χ1v) is 7.39. The van der Waals surface area contributed by atoms with E-state index < -0.39 is 10.3 Å². The Morgan fingerprint density at radius 2 is 2.20 bits per heavy atom. The number of hydrogen-bond donors (Lipinski definition) is 0. The molecular weight excluding hydrogens is 324 g/mol. The Morgan fingerprint density at radius 1 is 1.50 bits per heavy atom. The van der Waals surface area contributed by atoms with Crippen LogP contribution >= 0.6 is 15.9 Å². The van der Waals surface area contributed by atoms with Gasteiger partial charge < -0.3 is 4.74 Å². The Morgan fingerprint density at radius 3 is 2.75 bits per heavy atom. The summed E-state index contributed by atoms with van der Waals surface area (Å²) in [4.78, 5) is 10.5. The van der Waals surface area contributed by atoms with Gasteiger partial charge in [-0.25, -0.2) is 0 Å². The minimum atomic E-state index is -0.452. The van der Waals surface area contributed by atoms with Crippen molar-refractivity contribution in [2.45, 2.75) is 32.0 Å². The normalized spacial score (nSPS) is 10.9. The molecule has 0 unspecified atom stereocenters. The molecule has 5 nitrogen and oxygen atoms in total. The van der Waals surface area contributed by atoms with Gasteiger partial charge in [-0.2, -0.15) is 5.26 Å². The van der Waals surface area contributed by atoms with E-state index in [1.165, 1.54) is 6.07 Å². The van der Waals surface area contributed by atoms with Gasteiger partial charge in [0.1, 0.15) is 0 Å². The third-order valence-electron chi connectivity index (χ3n) is 2.88. The minimum Gasteiger partial charge on any atom is -0.487 e. The molecule has 0 fully saturated rings. The lowest BCUT2D eigenvalue weighted by Gasteiger charge is -2.14. The van der Waals surface area contributed by atoms with Gasteiger partial charge in [0, 0.05) is 11.4 Å². The zero-order chi connectivity index (χ0) is 15.2. The molecule has 0 aliphatic carbocycles. The van der Waals surface area contributed by atoms with Crippen LogP contribution in [0.25, 0.3) is 0 Å². The average Bonchev–Trinajstić information content (AvgIpc) is 2.43. The predicted octanol–water partition coefficient (Wildman–Crippen LogP) is 4.20. The number of alkyl halides is 1. The fraction of sp³-hybridized carbons (Fsp3) is 0.500. The molecule has 0 saturated heterocycles. The van der Waals surface area contributed by atoms with Crippen molar-refractivity contribution in [3.8, 4) is 11.8 Å². The van der Waals surface area contributed by atoms with Crippen molar-refractivity contribution in [2.24, 2.45) is 5.41 Å². The third kappa shape index (κ3) is 4.82. The topological polar surface area (TPSA) is 76.2 Å². The molecule has 0 atom stereocenters. The van der Waals surface area contributed by atoms with Crippen molar-refractivity contribution in [1.82, 2.24) is 0 Å². The molecule has 0 N–H and O–H groups in total. The van der Waals surface area contributed by atoms with Crippen LogP contribution < -0.4 is 4.74 Å². The van der Waals surface area contributed by atoms with E-state index in [0.29, 0.717) is 24.8 Å². The summed E-state index contributed by atoms with van der Waals surface area (Å²) in [5.41, 5.74) is 0.490. The number of nitro benzene ring substituents is 1. The number of halogens is 1. The predicted molar refractivity (Wildman–Crippen MR) is 79.9 cm³/mol. The lowest BCUT2D eigenvalue weighted by Crippen LogP contribution is -2.10. The third-order valence-corrected chi connectivity index (χ3v) is 3.53. The maximum Gasteiger partial charge on any atom is 0.310 e. The van der Waals surface area contributed by atoms with Gasteiger partial charge in [0.25, 0.3) is 0 Å². The summed E-state index contributed by atoms with van der Waals surface area (Å²) in [6, 6.07) is 7.03. The smallest absolute Gasteiger partial charge is 0.310 e. The molecule has 0 saturated carbocycles. The van der Waals surface area contributed by atoms with Crippen LogP contribution in [0.3, 0.4) is 0 Å². The van der Waals surface area contributed by atoms with Crippen LogP contribution in [0.4, 0.5) is 5.69 Å². The Hall–Kier alpha value is -1.61. The van der Waals surface area contributed by atoms with Crippen LogP contribution in [0.5, 0.6) is 5.75 Å². The number of benzene rings is 1. The van der Waals surface area contributed by atoms with Gasteiger partial charge in [-0.15, -0.1) is 0 Å². The molecular formula is C14H17BrN2O3. The van der Waals surface area contributed by atoms with Gasteiger partial charge in [0.2, 0.25) is 0 Å². The second-order valence-corrected chi connectivity index (χ2v) is 5.70. The summed E-state index contributed by atoms with van der Waals surface area (Å²) >= 11 is 3.31. The zero-order valence-electron chi connectivity index (χ0n) is 11.6. The highest BCUT2D eigenvalue weighted by atomic mass is 79.9. The number of rotatable bonds is 7. The summed E-state index contributed by atoms with van der Waals surface area (Å²) in [6.45, 7) is 4.08. The second-order valence-electron chi connectivity index (χ2n) is 5.14. The molecule has 0 bridgehead atoms. The summed E-state index contributed by atoms with van der Waals surface area (Å²) in [5.74, 6) is 0.279. The molecule has 20 heavy (non-hydrogen) atoms. The van der Waals surface area contributed by atoms with Crippen LogP contribution in [0.2, 0.25) is 0 Å². The first-order chi connectivity index (χ1) is 9.39. The van der Waals surface area contributed by atoms with Crippen LogP contribution in [0.15, 0.2) is 18.2 Å². The fourth-order valence-corrected chi connectivity index (χ4v) is 2.01. The lowest BCUT2D eigenvalue weighted by atomic mass is 9.90. The van der Waals surface area contributed by atoms with Crippen LogP contribution in [-0.2, 0) is 5.33 Å². The Kier molecular flexibility index (Phi) is 5.96. The SMILES string of the molecule is CC(C)(C#N)CCCOc1cc(CBr)ccc1[N+](=O)[O-]. The lowest BCUT2D eigenvalue weighted by molar-refractivity contribution is -0.385. The quantitative estimate of drug-likeness (QED) is 0.322. The summed E-state index contributed by atoms with van der Waals surface area (Å²) < 4.78 is 5.51. The van der Waals surface area contributed by atoms with E-state index in [1.54, 1.807) is 12.1 Å². The Balaban J connectivity index is 2.67. The van der Waals surface area contributed by atoms with Crippen molar-refractivity contribution >= 4 is 21.6 Å². The minimum absolute atomic E-state index is 0.0331. The molecule has 0 spiro atoms. The van der Waals surface area contributed by atoms with Gasteiger partial charge in [-0.05, 0) is 38.3 Å². The molecule has 0 aliphatic heterocycles. The monoisotopic (exact) mass is 340 g/mol. The van der Waals surface area contributed by atoms with Gasteiger partial charge >= 0.3 is 5.69 Å². The van der Waals surface area contributed by atoms with Gasteiger partial charge in [0.15, 0.2) is 5.75 Å². The summed E-state index contributed by atoms with van der Waals surface area (Å²) in [5, 5.41) is 20.5. The van der Waals surface area contributed by atoms with Gasteiger partial charge in [0.05, 0.1) is 23.0 Å². The summed E-state index contributed by atoms with van der Waals surface area (Å²) in [6.07, 6.45) is 1.37. The number of hydrogen-bond acceptors (Lipinski definition) is 4. The number of nitro groups is 1. The Bertz CT molecular complexity index is 524. The first-order valence-electron chi connectivity index (χ1n) is 6.27. The van der Waals surface area contributed by atoms with Crippen molar-refractivity contribution in [1.29, 1.82) is 5.26 Å². The average molecular weight is 341 g/mol. The maximum absolute atomic E-state index is 10.9. The van der Waals surface area contributed by atoms with E-state index in [-0.39, 0.29) is 11.4 Å². The van der Waals surface area contributed by atoms with E-state index >= 15 is 0 Å². The highest BCUT2D eigenvalue weighted by molar-refractivity contribution is 9.08. The van der Waals surface area contributed by atoms with Crippen molar-refractivity contribution in [3.05, 3.63) is 33.9 Å². The van der Waals surface area contributed by atoms with Gasteiger partial charge in [-0.3, -0.25) is 10.1 Å². The maximum atomic E-state index is 10.9. The molecule has 0 radical (unpaired) electrons. The van der Waals surface area contributed by atoms with E-state index in [4.69, 9.17) is 10.00 Å². The molecule has 0 aliphatic rings. The van der Waals surface area contributed by atoms with E-state index in [2.05, 4.69) is 22.0 Å². The molecule has 1 aromatic rings. The van der Waals surface area contributed by atoms with Crippen molar-refractivity contribution < 1.29 is 9.66 Å². The largest absolute Gasteiger partial charge is 0.487 e. The molecule has 1 rings (SSSR count). The number of nitriles is 1. The molecule has 1 aromatic carbocycles. The van der Waals surface area contributed by atoms with Gasteiger partial charge in [-0.1, -0.05) is 22.0 Å². The first kappa shape index (κ1) is 16.4. The van der Waals surface area contributed by atoms with Crippen LogP contribution in [0.1, 0.15) is 32.3 Å². The molecule has 6 heteroatoms. The van der Waals surface area contributed by atoms with Crippen molar-refractivity contribution in [2.75, 3.05) is 6.61 Å². The van der Waals surface area contributed by atoms with E-state index in [1.807, 2.05) is 13.8 Å². The van der Waals surface area contributed by atoms with E-state index in [9.17, 15) is 10.1 Å². The zero-order valence-corrected chi connectivity index (χ0v) is 13.1. The molecule has 0 amide bonds. The highest BCUT2D eigenvalue weighted by Gasteiger charge is 2.18. The number of ether oxygens (including phenoxy) is 1. The summed E-state index contributed by atoms with van der Waals surface area (Å²) in [7, 11) is 0. The second kappa shape index (κ2) is 7.25. The van der Waals surface area contributed by atoms with Crippen LogP contribution in [-0.4, -0.2) is 11.5 Å². The highest BCUT2D eigenvalue weighted by Crippen LogP contribution is 2.29. The number of nitrogens with zero attached hydrogens (tertiary/aromatic N) is 2. The Labute approximate surface area is 126 Å². The molecule has 0 aromatic heterocycles. The molecule has 0 heterocycles. The van der Waals surface area contributed by atoms with Crippen LogP contribution in [0, 0.1) is 26.9 Å². The van der Waals surface area contributed by atoms with Crippen molar-refractivity contribution in [3.63, 3.8) is 0 Å². The fourth-order valence-electron chi connectivity index (χ4n) is 1.66.